The van der Waals surface area contributed by atoms with Crippen molar-refractivity contribution in [3.8, 4) is 23.0 Å². The van der Waals surface area contributed by atoms with Crippen LogP contribution in [0.1, 0.15) is 81.6 Å². The van der Waals surface area contributed by atoms with Gasteiger partial charge >= 0.3 is 0 Å². The van der Waals surface area contributed by atoms with Crippen LogP contribution in [0.25, 0.3) is 16.9 Å². The Morgan fingerprint density at radius 3 is 2.28 bits per heavy atom. The van der Waals surface area contributed by atoms with Crippen LogP contribution in [0.5, 0.6) is 0 Å². The fraction of sp³-hybridized carbons (Fsp3) is 0.300. The minimum absolute atomic E-state index is 0.183. The molecule has 0 bridgehead atoms. The maximum atomic E-state index is 14.7. The van der Waals surface area contributed by atoms with Crippen LogP contribution in [-0.2, 0) is 5.41 Å². The summed E-state index contributed by atoms with van der Waals surface area (Å²) in [5, 5.41) is 14.3. The van der Waals surface area contributed by atoms with E-state index in [1.807, 2.05) is 48.9 Å². The van der Waals surface area contributed by atoms with Crippen molar-refractivity contribution in [2.24, 2.45) is 0 Å². The van der Waals surface area contributed by atoms with E-state index < -0.39 is 17.0 Å². The average Bonchev–Trinajstić information content (AvgIpc) is 3.31. The first-order valence-corrected chi connectivity index (χ1v) is 12.1. The Bertz CT molecular complexity index is 1460. The Morgan fingerprint density at radius 1 is 0.889 bits per heavy atom. The molecule has 6 heteroatoms. The van der Waals surface area contributed by atoms with E-state index in [4.69, 9.17) is 10.1 Å². The van der Waals surface area contributed by atoms with Crippen molar-refractivity contribution in [1.82, 2.24) is 14.8 Å². The Hall–Kier alpha value is -3.85. The molecule has 4 nitrogen and oxygen atoms in total. The van der Waals surface area contributed by atoms with Gasteiger partial charge in [0.25, 0.3) is 0 Å². The summed E-state index contributed by atoms with van der Waals surface area (Å²) in [6, 6.07) is 19.1. The third kappa shape index (κ3) is 4.79. The highest BCUT2D eigenvalue weighted by atomic mass is 19.1. The molecule has 184 valence electrons. The second-order valence-corrected chi connectivity index (χ2v) is 10.3. The lowest BCUT2D eigenvalue weighted by Crippen LogP contribution is -2.22. The summed E-state index contributed by atoms with van der Waals surface area (Å²) < 4.78 is 30.1. The Balaban J connectivity index is 1.88. The zero-order valence-electron chi connectivity index (χ0n) is 21.5. The standard InChI is InChI=1S/C30H30F2N4/c1-18(2)21-13-26(24-11-10-22(31)15-25(24)32)34-28(14-21)30(5,6)29-16-27(19(3)4)36(35-29)23-9-7-8-20(12-23)17-33/h7-16,18-19H,1-6H3. The first kappa shape index (κ1) is 25.2. The van der Waals surface area contributed by atoms with E-state index in [1.54, 1.807) is 6.07 Å². The summed E-state index contributed by atoms with van der Waals surface area (Å²) in [5.74, 6) is -0.895. The van der Waals surface area contributed by atoms with Crippen molar-refractivity contribution in [3.05, 3.63) is 101 Å². The summed E-state index contributed by atoms with van der Waals surface area (Å²) in [4.78, 5) is 4.85. The largest absolute Gasteiger partial charge is 0.252 e. The van der Waals surface area contributed by atoms with Gasteiger partial charge in [0.15, 0.2) is 0 Å². The van der Waals surface area contributed by atoms with Crippen LogP contribution >= 0.6 is 0 Å². The normalized spacial score (nSPS) is 11.8. The Kier molecular flexibility index (Phi) is 6.77. The third-order valence-electron chi connectivity index (χ3n) is 6.55. The monoisotopic (exact) mass is 484 g/mol. The van der Waals surface area contributed by atoms with Gasteiger partial charge in [0.2, 0.25) is 0 Å². The topological polar surface area (TPSA) is 54.5 Å². The van der Waals surface area contributed by atoms with E-state index in [0.29, 0.717) is 11.3 Å². The molecule has 0 aliphatic heterocycles. The van der Waals surface area contributed by atoms with Crippen LogP contribution in [0.2, 0.25) is 0 Å². The van der Waals surface area contributed by atoms with Gasteiger partial charge in [-0.15, -0.1) is 0 Å². The number of pyridine rings is 1. The highest BCUT2D eigenvalue weighted by molar-refractivity contribution is 5.62. The molecule has 4 aromatic rings. The molecule has 2 heterocycles. The van der Waals surface area contributed by atoms with Crippen molar-refractivity contribution in [2.45, 2.75) is 58.8 Å². The number of hydrogen-bond acceptors (Lipinski definition) is 3. The van der Waals surface area contributed by atoms with Crippen molar-refractivity contribution in [1.29, 1.82) is 5.26 Å². The van der Waals surface area contributed by atoms with E-state index in [2.05, 4.69) is 39.8 Å². The molecule has 2 aromatic carbocycles. The molecular formula is C30H30F2N4. The van der Waals surface area contributed by atoms with Gasteiger partial charge in [0.05, 0.1) is 39.8 Å². The predicted molar refractivity (Wildman–Crippen MR) is 138 cm³/mol. The summed E-state index contributed by atoms with van der Waals surface area (Å²) >= 11 is 0. The zero-order chi connectivity index (χ0) is 26.2. The van der Waals surface area contributed by atoms with Gasteiger partial charge in [-0.05, 0) is 79.8 Å². The molecule has 0 amide bonds. The van der Waals surface area contributed by atoms with Crippen molar-refractivity contribution in [3.63, 3.8) is 0 Å². The van der Waals surface area contributed by atoms with E-state index in [9.17, 15) is 14.0 Å². The first-order chi connectivity index (χ1) is 17.0. The summed E-state index contributed by atoms with van der Waals surface area (Å²) in [6.45, 7) is 12.5. The molecule has 0 saturated heterocycles. The summed E-state index contributed by atoms with van der Waals surface area (Å²) in [7, 11) is 0. The molecule has 0 aliphatic carbocycles. The van der Waals surface area contributed by atoms with Crippen molar-refractivity contribution < 1.29 is 8.78 Å². The average molecular weight is 485 g/mol. The number of aromatic nitrogens is 3. The minimum atomic E-state index is -0.643. The Morgan fingerprint density at radius 2 is 1.64 bits per heavy atom. The van der Waals surface area contributed by atoms with Gasteiger partial charge in [-0.3, -0.25) is 4.98 Å². The number of benzene rings is 2. The SMILES string of the molecule is CC(C)c1cc(-c2ccc(F)cc2F)nc(C(C)(C)c2cc(C(C)C)n(-c3cccc(C#N)c3)n2)c1. The molecular weight excluding hydrogens is 454 g/mol. The van der Waals surface area contributed by atoms with Crippen LogP contribution in [0.4, 0.5) is 8.78 Å². The molecule has 0 N–H and O–H groups in total. The predicted octanol–water partition coefficient (Wildman–Crippen LogP) is 7.66. The molecule has 4 rings (SSSR count). The quantitative estimate of drug-likeness (QED) is 0.282. The van der Waals surface area contributed by atoms with Crippen molar-refractivity contribution >= 4 is 0 Å². The van der Waals surface area contributed by atoms with E-state index in [-0.39, 0.29) is 17.4 Å². The van der Waals surface area contributed by atoms with E-state index in [0.717, 1.165) is 34.4 Å². The maximum absolute atomic E-state index is 14.7. The number of nitriles is 1. The van der Waals surface area contributed by atoms with Gasteiger partial charge in [-0.2, -0.15) is 10.4 Å². The highest BCUT2D eigenvalue weighted by Gasteiger charge is 2.31. The van der Waals surface area contributed by atoms with Gasteiger partial charge in [0.1, 0.15) is 11.6 Å². The zero-order valence-corrected chi connectivity index (χ0v) is 21.5. The molecule has 0 radical (unpaired) electrons. The van der Waals surface area contributed by atoms with E-state index in [1.165, 1.54) is 12.1 Å². The first-order valence-electron chi connectivity index (χ1n) is 12.1. The number of nitrogens with zero attached hydrogens (tertiary/aromatic N) is 4. The van der Waals surface area contributed by atoms with Gasteiger partial charge in [0, 0.05) is 17.3 Å². The van der Waals surface area contributed by atoms with Crippen LogP contribution in [0.15, 0.2) is 60.7 Å². The van der Waals surface area contributed by atoms with Gasteiger partial charge in [-0.25, -0.2) is 13.5 Å². The molecule has 0 aliphatic rings. The second kappa shape index (κ2) is 9.66. The van der Waals surface area contributed by atoms with Crippen LogP contribution in [0.3, 0.4) is 0 Å². The summed E-state index contributed by atoms with van der Waals surface area (Å²) in [6.07, 6.45) is 0. The number of rotatable bonds is 6. The van der Waals surface area contributed by atoms with Crippen LogP contribution < -0.4 is 0 Å². The van der Waals surface area contributed by atoms with Gasteiger partial charge < -0.3 is 0 Å². The van der Waals surface area contributed by atoms with Crippen molar-refractivity contribution in [2.75, 3.05) is 0 Å². The number of hydrogen-bond donors (Lipinski definition) is 0. The molecule has 0 fully saturated rings. The molecule has 2 aromatic heterocycles. The Labute approximate surface area is 211 Å². The molecule has 0 atom stereocenters. The van der Waals surface area contributed by atoms with Crippen LogP contribution in [0, 0.1) is 23.0 Å². The number of halogens is 2. The lowest BCUT2D eigenvalue weighted by molar-refractivity contribution is 0.578. The summed E-state index contributed by atoms with van der Waals surface area (Å²) in [5.41, 5.74) is 5.08. The molecule has 0 saturated carbocycles. The van der Waals surface area contributed by atoms with E-state index >= 15 is 0 Å². The smallest absolute Gasteiger partial charge is 0.135 e. The fourth-order valence-electron chi connectivity index (χ4n) is 4.20. The third-order valence-corrected chi connectivity index (χ3v) is 6.55. The minimum Gasteiger partial charge on any atom is -0.252 e. The maximum Gasteiger partial charge on any atom is 0.135 e. The molecule has 36 heavy (non-hydrogen) atoms. The van der Waals surface area contributed by atoms with Crippen LogP contribution in [-0.4, -0.2) is 14.8 Å². The molecule has 0 unspecified atom stereocenters. The molecule has 0 spiro atoms. The fourth-order valence-corrected chi connectivity index (χ4v) is 4.20. The second-order valence-electron chi connectivity index (χ2n) is 10.3. The lowest BCUT2D eigenvalue weighted by Gasteiger charge is -2.24. The lowest BCUT2D eigenvalue weighted by atomic mass is 9.83. The highest BCUT2D eigenvalue weighted by Crippen LogP contribution is 2.36. The van der Waals surface area contributed by atoms with Gasteiger partial charge in [-0.1, -0.05) is 33.8 Å².